The third-order valence-electron chi connectivity index (χ3n) is 5.39. The number of nitro benzene ring substituents is 2. The van der Waals surface area contributed by atoms with Gasteiger partial charge in [0.1, 0.15) is 11.1 Å². The van der Waals surface area contributed by atoms with Crippen molar-refractivity contribution in [3.63, 3.8) is 0 Å². The summed E-state index contributed by atoms with van der Waals surface area (Å²) in [5.41, 5.74) is 1.79. The molecular weight excluding hydrogens is 380 g/mol. The first-order chi connectivity index (χ1) is 13.8. The van der Waals surface area contributed by atoms with Crippen LogP contribution in [0.1, 0.15) is 25.3 Å². The molecule has 0 aliphatic heterocycles. The van der Waals surface area contributed by atoms with Crippen molar-refractivity contribution in [1.82, 2.24) is 0 Å². The molecule has 2 atom stereocenters. The minimum Gasteiger partial charge on any atom is -0.481 e. The number of carboxylic acid groups (broad SMARTS) is 1. The molecule has 1 saturated carbocycles. The second-order valence-corrected chi connectivity index (χ2v) is 6.79. The number of hydrazone groups is 1. The molecule has 0 bridgehead atoms. The van der Waals surface area contributed by atoms with Crippen molar-refractivity contribution in [3.05, 3.63) is 74.3 Å². The molecule has 0 spiro atoms. The largest absolute Gasteiger partial charge is 0.481 e. The number of carboxylic acids is 1. The van der Waals surface area contributed by atoms with E-state index in [4.69, 9.17) is 0 Å². The molecule has 0 aromatic heterocycles. The smallest absolute Gasteiger partial charge is 0.314 e. The fourth-order valence-corrected chi connectivity index (χ4v) is 3.75. The van der Waals surface area contributed by atoms with Gasteiger partial charge < -0.3 is 5.11 Å². The molecule has 3 rings (SSSR count). The number of non-ortho nitro benzene ring substituents is 1. The number of benzene rings is 2. The van der Waals surface area contributed by atoms with Crippen molar-refractivity contribution in [2.75, 3.05) is 5.43 Å². The van der Waals surface area contributed by atoms with Crippen molar-refractivity contribution >= 4 is 28.7 Å². The Labute approximate surface area is 165 Å². The van der Waals surface area contributed by atoms with Gasteiger partial charge in [-0.1, -0.05) is 37.3 Å². The lowest BCUT2D eigenvalue weighted by Gasteiger charge is -2.29. The number of nitro groups is 2. The summed E-state index contributed by atoms with van der Waals surface area (Å²) >= 11 is 0. The van der Waals surface area contributed by atoms with E-state index >= 15 is 0 Å². The molecule has 1 aliphatic carbocycles. The normalized spacial score (nSPS) is 22.4. The van der Waals surface area contributed by atoms with Gasteiger partial charge in [0, 0.05) is 17.7 Å². The Bertz CT molecular complexity index is 1010. The SMILES string of the molecule is C[C@@H]1/C(=N/Nc2ccc([N+](=O)[O-])cc2[N+](=O)[O-])CC[C@@]1(C(=O)O)c1ccccc1. The Morgan fingerprint density at radius 2 is 1.86 bits per heavy atom. The molecule has 0 amide bonds. The third kappa shape index (κ3) is 3.51. The molecule has 10 nitrogen and oxygen atoms in total. The quantitative estimate of drug-likeness (QED) is 0.556. The Morgan fingerprint density at radius 1 is 1.17 bits per heavy atom. The Morgan fingerprint density at radius 3 is 2.45 bits per heavy atom. The Balaban J connectivity index is 1.92. The summed E-state index contributed by atoms with van der Waals surface area (Å²) < 4.78 is 0. The minimum absolute atomic E-state index is 0.00663. The van der Waals surface area contributed by atoms with Gasteiger partial charge in [-0.25, -0.2) is 0 Å². The van der Waals surface area contributed by atoms with Gasteiger partial charge >= 0.3 is 11.7 Å². The van der Waals surface area contributed by atoms with Gasteiger partial charge in [-0.05, 0) is 24.5 Å². The zero-order valence-electron chi connectivity index (χ0n) is 15.4. The molecule has 2 N–H and O–H groups in total. The monoisotopic (exact) mass is 398 g/mol. The standard InChI is InChI=1S/C19H18N4O6/c1-12-15(9-10-19(12,18(24)25)13-5-3-2-4-6-13)20-21-16-8-7-14(22(26)27)11-17(16)23(28)29/h2-8,11-12,21H,9-10H2,1H3,(H,24,25)/b20-15+/t12-,19+/m1/s1. The lowest BCUT2D eigenvalue weighted by Crippen LogP contribution is -2.39. The first-order valence-electron chi connectivity index (χ1n) is 8.81. The van der Waals surface area contributed by atoms with E-state index in [0.29, 0.717) is 24.1 Å². The van der Waals surface area contributed by atoms with Crippen LogP contribution in [0, 0.1) is 26.1 Å². The molecule has 0 radical (unpaired) electrons. The maximum atomic E-state index is 12.2. The van der Waals surface area contributed by atoms with Crippen molar-refractivity contribution in [3.8, 4) is 0 Å². The number of nitrogens with zero attached hydrogens (tertiary/aromatic N) is 3. The van der Waals surface area contributed by atoms with Crippen LogP contribution in [-0.4, -0.2) is 26.6 Å². The van der Waals surface area contributed by atoms with Crippen molar-refractivity contribution < 1.29 is 19.7 Å². The van der Waals surface area contributed by atoms with Crippen LogP contribution >= 0.6 is 0 Å². The number of hydrogen-bond acceptors (Lipinski definition) is 7. The molecule has 10 heteroatoms. The first-order valence-corrected chi connectivity index (χ1v) is 8.81. The van der Waals surface area contributed by atoms with E-state index in [9.17, 15) is 30.1 Å². The molecule has 0 saturated heterocycles. The Hall–Kier alpha value is -3.82. The van der Waals surface area contributed by atoms with Crippen LogP contribution in [0.2, 0.25) is 0 Å². The zero-order chi connectivity index (χ0) is 21.2. The van der Waals surface area contributed by atoms with E-state index in [1.54, 1.807) is 31.2 Å². The topological polar surface area (TPSA) is 148 Å². The van der Waals surface area contributed by atoms with E-state index in [2.05, 4.69) is 10.5 Å². The average Bonchev–Trinajstić information content (AvgIpc) is 3.04. The minimum atomic E-state index is -1.14. The van der Waals surface area contributed by atoms with Gasteiger partial charge in [0.05, 0.1) is 15.9 Å². The van der Waals surface area contributed by atoms with Crippen LogP contribution in [0.3, 0.4) is 0 Å². The molecule has 0 heterocycles. The van der Waals surface area contributed by atoms with Gasteiger partial charge in [-0.2, -0.15) is 5.10 Å². The summed E-state index contributed by atoms with van der Waals surface area (Å²) in [5.74, 6) is -1.41. The van der Waals surface area contributed by atoms with Crippen LogP contribution < -0.4 is 5.43 Å². The molecular formula is C19H18N4O6. The van der Waals surface area contributed by atoms with E-state index in [1.807, 2.05) is 6.07 Å². The van der Waals surface area contributed by atoms with Crippen LogP contribution in [0.5, 0.6) is 0 Å². The molecule has 1 fully saturated rings. The second kappa shape index (κ2) is 7.66. The predicted octanol–water partition coefficient (Wildman–Crippen LogP) is 3.72. The summed E-state index contributed by atoms with van der Waals surface area (Å²) in [6.45, 7) is 1.76. The highest BCUT2D eigenvalue weighted by molar-refractivity contribution is 5.99. The predicted molar refractivity (Wildman–Crippen MR) is 105 cm³/mol. The lowest BCUT2D eigenvalue weighted by atomic mass is 9.73. The number of anilines is 1. The molecule has 2 aromatic carbocycles. The lowest BCUT2D eigenvalue weighted by molar-refractivity contribution is -0.393. The van der Waals surface area contributed by atoms with Gasteiger partial charge in [-0.15, -0.1) is 0 Å². The molecule has 0 unspecified atom stereocenters. The summed E-state index contributed by atoms with van der Waals surface area (Å²) in [6, 6.07) is 12.1. The van der Waals surface area contributed by atoms with E-state index in [1.165, 1.54) is 6.07 Å². The zero-order valence-corrected chi connectivity index (χ0v) is 15.4. The summed E-state index contributed by atoms with van der Waals surface area (Å²) in [6.07, 6.45) is 0.743. The van der Waals surface area contributed by atoms with Crippen LogP contribution in [0.4, 0.5) is 17.1 Å². The molecule has 29 heavy (non-hydrogen) atoms. The van der Waals surface area contributed by atoms with Crippen LogP contribution in [0.15, 0.2) is 53.6 Å². The maximum absolute atomic E-state index is 12.2. The van der Waals surface area contributed by atoms with Crippen LogP contribution in [-0.2, 0) is 10.2 Å². The van der Waals surface area contributed by atoms with Crippen molar-refractivity contribution in [2.45, 2.75) is 25.2 Å². The highest BCUT2D eigenvalue weighted by Gasteiger charge is 2.51. The molecule has 2 aromatic rings. The number of carbonyl (C=O) groups is 1. The van der Waals surface area contributed by atoms with Gasteiger partial charge in [0.25, 0.3) is 5.69 Å². The number of nitrogens with one attached hydrogen (secondary N) is 1. The Kier molecular flexibility index (Phi) is 5.26. The third-order valence-corrected chi connectivity index (χ3v) is 5.39. The number of hydrogen-bond donors (Lipinski definition) is 2. The first kappa shape index (κ1) is 19.9. The average molecular weight is 398 g/mol. The highest BCUT2D eigenvalue weighted by atomic mass is 16.6. The maximum Gasteiger partial charge on any atom is 0.314 e. The fraction of sp³-hybridized carbons (Fsp3) is 0.263. The summed E-state index contributed by atoms with van der Waals surface area (Å²) in [5, 5.41) is 36.3. The van der Waals surface area contributed by atoms with Crippen LogP contribution in [0.25, 0.3) is 0 Å². The van der Waals surface area contributed by atoms with E-state index in [-0.39, 0.29) is 5.69 Å². The van der Waals surface area contributed by atoms with Gasteiger partial charge in [0.15, 0.2) is 0 Å². The summed E-state index contributed by atoms with van der Waals surface area (Å²) in [7, 11) is 0. The fourth-order valence-electron chi connectivity index (χ4n) is 3.75. The van der Waals surface area contributed by atoms with Crippen molar-refractivity contribution in [1.29, 1.82) is 0 Å². The van der Waals surface area contributed by atoms with Gasteiger partial charge in [-0.3, -0.25) is 30.4 Å². The number of aliphatic carboxylic acids is 1. The van der Waals surface area contributed by atoms with Crippen molar-refractivity contribution in [2.24, 2.45) is 11.0 Å². The summed E-state index contributed by atoms with van der Waals surface area (Å²) in [4.78, 5) is 32.8. The number of rotatable bonds is 6. The van der Waals surface area contributed by atoms with E-state index < -0.39 is 38.5 Å². The van der Waals surface area contributed by atoms with Gasteiger partial charge in [0.2, 0.25) is 0 Å². The highest BCUT2D eigenvalue weighted by Crippen LogP contribution is 2.44. The van der Waals surface area contributed by atoms with E-state index in [0.717, 1.165) is 12.1 Å². The second-order valence-electron chi connectivity index (χ2n) is 6.79. The molecule has 150 valence electrons. The molecule has 1 aliphatic rings.